The molecule has 1 atom stereocenters. The zero-order valence-corrected chi connectivity index (χ0v) is 10.8. The normalized spacial score (nSPS) is 13.2. The summed E-state index contributed by atoms with van der Waals surface area (Å²) in [5.74, 6) is -0.216. The Balaban J connectivity index is 2.38. The van der Waals surface area contributed by atoms with E-state index in [9.17, 15) is 13.2 Å². The fraction of sp³-hybridized carbons (Fsp3) is 0.286. The van der Waals surface area contributed by atoms with Gasteiger partial charge in [0.15, 0.2) is 0 Å². The average molecular weight is 285 g/mol. The number of hydrogen-bond acceptors (Lipinski definition) is 3. The van der Waals surface area contributed by atoms with Crippen molar-refractivity contribution < 1.29 is 22.3 Å². The molecule has 0 saturated heterocycles. The summed E-state index contributed by atoms with van der Waals surface area (Å²) in [5, 5.41) is 3.12. The molecular weight excluding hydrogens is 271 g/mol. The monoisotopic (exact) mass is 285 g/mol. The Hall–Kier alpha value is -1.95. The van der Waals surface area contributed by atoms with Crippen molar-refractivity contribution >= 4 is 0 Å². The first kappa shape index (κ1) is 14.5. The lowest BCUT2D eigenvalue weighted by atomic mass is 10.0. The molecule has 6 heteroatoms. The molecule has 0 aliphatic carbocycles. The molecule has 1 N–H and O–H groups in total. The minimum absolute atomic E-state index is 0.216. The molecule has 0 radical (unpaired) electrons. The number of rotatable bonds is 5. The van der Waals surface area contributed by atoms with E-state index >= 15 is 0 Å². The van der Waals surface area contributed by atoms with Crippen molar-refractivity contribution in [3.05, 3.63) is 54.0 Å². The van der Waals surface area contributed by atoms with E-state index in [2.05, 4.69) is 10.1 Å². The molecule has 0 saturated carbocycles. The van der Waals surface area contributed by atoms with Gasteiger partial charge in [-0.05, 0) is 18.7 Å². The van der Waals surface area contributed by atoms with E-state index in [1.165, 1.54) is 24.7 Å². The quantitative estimate of drug-likeness (QED) is 0.905. The molecule has 0 bridgehead atoms. The third-order valence-corrected chi connectivity index (χ3v) is 2.74. The summed E-state index contributed by atoms with van der Waals surface area (Å²) in [6.45, 7) is 2.47. The van der Waals surface area contributed by atoms with Gasteiger partial charge in [-0.2, -0.15) is 0 Å². The lowest BCUT2D eigenvalue weighted by Gasteiger charge is -2.20. The molecule has 20 heavy (non-hydrogen) atoms. The molecule has 2 aromatic rings. The van der Waals surface area contributed by atoms with Crippen LogP contribution in [0.4, 0.5) is 13.2 Å². The predicted octanol–water partition coefficient (Wildman–Crippen LogP) is 3.88. The molecule has 0 amide bonds. The summed E-state index contributed by atoms with van der Waals surface area (Å²) < 4.78 is 46.4. The van der Waals surface area contributed by atoms with Gasteiger partial charge in [0.25, 0.3) is 0 Å². The van der Waals surface area contributed by atoms with Crippen molar-refractivity contribution in [2.75, 3.05) is 6.54 Å². The van der Waals surface area contributed by atoms with Crippen molar-refractivity contribution in [3.63, 3.8) is 0 Å². The number of alkyl halides is 3. The summed E-state index contributed by atoms with van der Waals surface area (Å²) in [5.41, 5.74) is 1.15. The first-order chi connectivity index (χ1) is 9.51. The van der Waals surface area contributed by atoms with Gasteiger partial charge in [0.1, 0.15) is 5.75 Å². The lowest BCUT2D eigenvalue weighted by Crippen LogP contribution is -2.24. The third kappa shape index (κ3) is 3.54. The highest BCUT2D eigenvalue weighted by Gasteiger charge is 2.33. The minimum atomic E-state index is -4.72. The Morgan fingerprint density at radius 2 is 2.00 bits per heavy atom. The second kappa shape index (κ2) is 6.00. The van der Waals surface area contributed by atoms with Gasteiger partial charge in [0.2, 0.25) is 0 Å². The van der Waals surface area contributed by atoms with E-state index in [0.717, 1.165) is 5.56 Å². The largest absolute Gasteiger partial charge is 0.573 e. The molecule has 2 rings (SSSR count). The maximum Gasteiger partial charge on any atom is 0.573 e. The van der Waals surface area contributed by atoms with Crippen molar-refractivity contribution in [2.45, 2.75) is 19.3 Å². The average Bonchev–Trinajstić information content (AvgIpc) is 2.89. The predicted molar refractivity (Wildman–Crippen MR) is 67.4 cm³/mol. The first-order valence-electron chi connectivity index (χ1n) is 6.11. The molecule has 3 nitrogen and oxygen atoms in total. The summed E-state index contributed by atoms with van der Waals surface area (Å²) in [7, 11) is 0. The Bertz CT molecular complexity index is 538. The number of benzene rings is 1. The number of hydrogen-bond donors (Lipinski definition) is 1. The number of nitrogens with one attached hydrogen (secondary N) is 1. The van der Waals surface area contributed by atoms with Crippen LogP contribution in [0, 0.1) is 0 Å². The lowest BCUT2D eigenvalue weighted by molar-refractivity contribution is -0.275. The highest BCUT2D eigenvalue weighted by Crippen LogP contribution is 2.33. The van der Waals surface area contributed by atoms with Gasteiger partial charge in [-0.1, -0.05) is 25.1 Å². The van der Waals surface area contributed by atoms with Crippen molar-refractivity contribution in [3.8, 4) is 5.75 Å². The molecule has 108 valence electrons. The van der Waals surface area contributed by atoms with Gasteiger partial charge < -0.3 is 14.5 Å². The summed E-state index contributed by atoms with van der Waals surface area (Å²) in [6.07, 6.45) is -1.74. The first-order valence-corrected chi connectivity index (χ1v) is 6.11. The zero-order valence-electron chi connectivity index (χ0n) is 10.8. The standard InChI is InChI=1S/C14H14F3NO2/c1-2-18-13(10-7-8-19-9-10)11-5-3-4-6-12(11)20-14(15,16)17/h3-9,13,18H,2H2,1H3. The van der Waals surface area contributed by atoms with Crippen LogP contribution in [0.25, 0.3) is 0 Å². The molecule has 1 aromatic carbocycles. The van der Waals surface area contributed by atoms with Crippen molar-refractivity contribution in [1.82, 2.24) is 5.32 Å². The van der Waals surface area contributed by atoms with E-state index < -0.39 is 12.4 Å². The second-order valence-electron chi connectivity index (χ2n) is 4.13. The fourth-order valence-electron chi connectivity index (χ4n) is 1.99. The topological polar surface area (TPSA) is 34.4 Å². The highest BCUT2D eigenvalue weighted by molar-refractivity contribution is 5.40. The number of ether oxygens (including phenoxy) is 1. The van der Waals surface area contributed by atoms with Crippen LogP contribution in [0.15, 0.2) is 47.3 Å². The Morgan fingerprint density at radius 3 is 2.60 bits per heavy atom. The van der Waals surface area contributed by atoms with Crippen LogP contribution in [0.3, 0.4) is 0 Å². The molecule has 0 aliphatic heterocycles. The van der Waals surface area contributed by atoms with Gasteiger partial charge in [-0.3, -0.25) is 0 Å². The van der Waals surface area contributed by atoms with Crippen LogP contribution in [-0.4, -0.2) is 12.9 Å². The van der Waals surface area contributed by atoms with Gasteiger partial charge in [0, 0.05) is 11.1 Å². The summed E-state index contributed by atoms with van der Waals surface area (Å²) in [6, 6.07) is 7.36. The molecule has 1 unspecified atom stereocenters. The molecule has 1 aromatic heterocycles. The number of para-hydroxylation sites is 1. The van der Waals surface area contributed by atoms with Gasteiger partial charge >= 0.3 is 6.36 Å². The van der Waals surface area contributed by atoms with Crippen molar-refractivity contribution in [2.24, 2.45) is 0 Å². The van der Waals surface area contributed by atoms with E-state index in [1.807, 2.05) is 6.92 Å². The van der Waals surface area contributed by atoms with E-state index in [4.69, 9.17) is 4.42 Å². The van der Waals surface area contributed by atoms with Crippen LogP contribution in [0.1, 0.15) is 24.1 Å². The van der Waals surface area contributed by atoms with Crippen LogP contribution in [-0.2, 0) is 0 Å². The van der Waals surface area contributed by atoms with Gasteiger partial charge in [-0.25, -0.2) is 0 Å². The maximum atomic E-state index is 12.5. The molecule has 1 heterocycles. The molecular formula is C14H14F3NO2. The van der Waals surface area contributed by atoms with Crippen LogP contribution >= 0.6 is 0 Å². The van der Waals surface area contributed by atoms with E-state index in [-0.39, 0.29) is 5.75 Å². The fourth-order valence-corrected chi connectivity index (χ4v) is 1.99. The van der Waals surface area contributed by atoms with Crippen LogP contribution in [0.2, 0.25) is 0 Å². The minimum Gasteiger partial charge on any atom is -0.472 e. The third-order valence-electron chi connectivity index (χ3n) is 2.74. The van der Waals surface area contributed by atoms with Crippen LogP contribution in [0.5, 0.6) is 5.75 Å². The Labute approximate surface area is 114 Å². The Kier molecular flexibility index (Phi) is 4.34. The number of halogens is 3. The van der Waals surface area contributed by atoms with Gasteiger partial charge in [-0.15, -0.1) is 13.2 Å². The van der Waals surface area contributed by atoms with E-state index in [0.29, 0.717) is 12.1 Å². The highest BCUT2D eigenvalue weighted by atomic mass is 19.4. The Morgan fingerprint density at radius 1 is 1.25 bits per heavy atom. The molecule has 0 fully saturated rings. The SMILES string of the molecule is CCNC(c1ccoc1)c1ccccc1OC(F)(F)F. The zero-order chi connectivity index (χ0) is 14.6. The number of furan rings is 1. The smallest absolute Gasteiger partial charge is 0.472 e. The second-order valence-corrected chi connectivity index (χ2v) is 4.13. The molecule has 0 aliphatic rings. The van der Waals surface area contributed by atoms with Gasteiger partial charge in [0.05, 0.1) is 18.6 Å². The molecule has 0 spiro atoms. The van der Waals surface area contributed by atoms with Crippen LogP contribution < -0.4 is 10.1 Å². The summed E-state index contributed by atoms with van der Waals surface area (Å²) in [4.78, 5) is 0. The van der Waals surface area contributed by atoms with E-state index in [1.54, 1.807) is 18.2 Å². The van der Waals surface area contributed by atoms with Crippen molar-refractivity contribution in [1.29, 1.82) is 0 Å². The maximum absolute atomic E-state index is 12.5. The summed E-state index contributed by atoms with van der Waals surface area (Å²) >= 11 is 0.